The molecule has 6 rings (SSSR count). The second kappa shape index (κ2) is 10.1. The van der Waals surface area contributed by atoms with E-state index >= 15 is 0 Å². The number of nitrogens with one attached hydrogen (secondary N) is 2. The predicted octanol–water partition coefficient (Wildman–Crippen LogP) is 4.15. The molecule has 0 radical (unpaired) electrons. The van der Waals surface area contributed by atoms with Crippen molar-refractivity contribution in [3.8, 4) is 5.75 Å². The Morgan fingerprint density at radius 2 is 2.00 bits per heavy atom. The maximum Gasteiger partial charge on any atom is 0.179 e. The van der Waals surface area contributed by atoms with E-state index in [1.54, 1.807) is 19.5 Å². The van der Waals surface area contributed by atoms with Crippen LogP contribution in [0.4, 0.5) is 11.5 Å². The lowest BCUT2D eigenvalue weighted by Gasteiger charge is -2.18. The second-order valence-corrected chi connectivity index (χ2v) is 9.11. The van der Waals surface area contributed by atoms with Gasteiger partial charge in [-0.15, -0.1) is 0 Å². The molecule has 1 aliphatic rings. The zero-order chi connectivity index (χ0) is 25.2. The molecule has 188 valence electrons. The molecular weight excluding hydrogens is 468 g/mol. The number of hydrogen-bond acceptors (Lipinski definition) is 8. The largest absolute Gasteiger partial charge is 0.497 e. The van der Waals surface area contributed by atoms with Crippen molar-refractivity contribution in [3.05, 3.63) is 84.3 Å². The van der Waals surface area contributed by atoms with Crippen molar-refractivity contribution in [3.63, 3.8) is 0 Å². The number of aliphatic hydroxyl groups is 1. The Kier molecular flexibility index (Phi) is 6.40. The van der Waals surface area contributed by atoms with Crippen LogP contribution in [-0.4, -0.2) is 51.2 Å². The van der Waals surface area contributed by atoms with Crippen LogP contribution in [0.1, 0.15) is 23.9 Å². The lowest BCUT2D eigenvalue weighted by molar-refractivity contribution is 0.112. The molecule has 3 aromatic heterocycles. The van der Waals surface area contributed by atoms with E-state index in [9.17, 15) is 5.11 Å². The van der Waals surface area contributed by atoms with E-state index in [1.165, 1.54) is 0 Å². The molecule has 9 nitrogen and oxygen atoms in total. The van der Waals surface area contributed by atoms with Crippen molar-refractivity contribution >= 4 is 33.3 Å². The number of fused-ring (bicyclic) bond motifs is 2. The minimum absolute atomic E-state index is 0.127. The molecule has 2 atom stereocenters. The normalized spacial score (nSPS) is 16.3. The van der Waals surface area contributed by atoms with Gasteiger partial charge in [-0.1, -0.05) is 18.2 Å². The van der Waals surface area contributed by atoms with E-state index in [-0.39, 0.29) is 6.04 Å². The van der Waals surface area contributed by atoms with Crippen molar-refractivity contribution in [2.45, 2.75) is 25.2 Å². The minimum Gasteiger partial charge on any atom is -0.497 e. The number of aliphatic hydroxyl groups excluding tert-OH is 1. The molecule has 0 spiro atoms. The van der Waals surface area contributed by atoms with Gasteiger partial charge in [0.25, 0.3) is 0 Å². The number of methoxy groups -OCH3 is 1. The molecular formula is C28H28N6O3. The molecule has 1 aliphatic heterocycles. The van der Waals surface area contributed by atoms with Gasteiger partial charge in [-0.05, 0) is 59.8 Å². The summed E-state index contributed by atoms with van der Waals surface area (Å²) in [4.78, 5) is 9.04. The zero-order valence-corrected chi connectivity index (χ0v) is 20.5. The molecule has 0 amide bonds. The van der Waals surface area contributed by atoms with Crippen molar-refractivity contribution in [1.82, 2.24) is 25.1 Å². The Bertz CT molecular complexity index is 1530. The molecule has 2 unspecified atom stereocenters. The molecule has 1 fully saturated rings. The molecule has 0 saturated carbocycles. The molecule has 0 bridgehead atoms. The highest BCUT2D eigenvalue weighted by molar-refractivity contribution is 5.91. The van der Waals surface area contributed by atoms with Gasteiger partial charge in [-0.2, -0.15) is 5.10 Å². The summed E-state index contributed by atoms with van der Waals surface area (Å²) in [6, 6.07) is 19.9. The van der Waals surface area contributed by atoms with E-state index < -0.39 is 6.23 Å². The average Bonchev–Trinajstić information content (AvgIpc) is 3.57. The van der Waals surface area contributed by atoms with Gasteiger partial charge in [0.2, 0.25) is 0 Å². The quantitative estimate of drug-likeness (QED) is 0.275. The smallest absolute Gasteiger partial charge is 0.179 e. The van der Waals surface area contributed by atoms with E-state index in [4.69, 9.17) is 14.6 Å². The van der Waals surface area contributed by atoms with Crippen LogP contribution in [0.2, 0.25) is 0 Å². The molecule has 4 heterocycles. The molecule has 1 saturated heterocycles. The maximum atomic E-state index is 10.8. The highest BCUT2D eigenvalue weighted by Gasteiger charge is 2.21. The van der Waals surface area contributed by atoms with Crippen LogP contribution in [0, 0.1) is 0 Å². The van der Waals surface area contributed by atoms with Crippen LogP contribution in [0.5, 0.6) is 5.75 Å². The van der Waals surface area contributed by atoms with Gasteiger partial charge in [0.15, 0.2) is 5.82 Å². The summed E-state index contributed by atoms with van der Waals surface area (Å²) in [5, 5.41) is 24.1. The van der Waals surface area contributed by atoms with Crippen LogP contribution >= 0.6 is 0 Å². The monoisotopic (exact) mass is 496 g/mol. The van der Waals surface area contributed by atoms with E-state index in [0.29, 0.717) is 31.3 Å². The topological polar surface area (TPSA) is 106 Å². The van der Waals surface area contributed by atoms with Gasteiger partial charge in [0, 0.05) is 36.1 Å². The fraction of sp³-hybridized carbons (Fsp3) is 0.250. The zero-order valence-electron chi connectivity index (χ0n) is 20.5. The number of aromatic nitrogens is 4. The summed E-state index contributed by atoms with van der Waals surface area (Å²) in [6.07, 6.45) is 3.51. The van der Waals surface area contributed by atoms with Crippen LogP contribution in [-0.2, 0) is 11.3 Å². The lowest BCUT2D eigenvalue weighted by Crippen LogP contribution is -2.33. The van der Waals surface area contributed by atoms with Crippen LogP contribution < -0.4 is 15.4 Å². The van der Waals surface area contributed by atoms with Gasteiger partial charge in [-0.25, -0.2) is 0 Å². The fourth-order valence-electron chi connectivity index (χ4n) is 4.72. The van der Waals surface area contributed by atoms with Crippen LogP contribution in [0.15, 0.2) is 73.1 Å². The standard InChI is InChI=1S/C28H28N6O3/c1-36-22-7-4-18(5-8-22)16-34-24-3-2-12-29-26(24)27(33-34)31-20-6-9-23-19(15-20)10-13-30-25(23)28(35)32-21-11-14-37-17-21/h2-10,12-13,15,21,28,32,35H,11,14,16-17H2,1H3,(H,31,33). The maximum absolute atomic E-state index is 10.8. The highest BCUT2D eigenvalue weighted by Crippen LogP contribution is 2.29. The first-order valence-corrected chi connectivity index (χ1v) is 12.3. The summed E-state index contributed by atoms with van der Waals surface area (Å²) >= 11 is 0. The SMILES string of the molecule is COc1ccc(Cn2nc(Nc3ccc4c(C(O)NC5CCOC5)nccc4c3)c3ncccc32)cc1. The summed E-state index contributed by atoms with van der Waals surface area (Å²) in [5.41, 5.74) is 4.33. The number of benzene rings is 2. The van der Waals surface area contributed by atoms with Gasteiger partial charge in [0.05, 0.1) is 31.5 Å². The summed E-state index contributed by atoms with van der Waals surface area (Å²) in [5.74, 6) is 1.50. The summed E-state index contributed by atoms with van der Waals surface area (Å²) in [6.45, 7) is 1.92. The van der Waals surface area contributed by atoms with Crippen molar-refractivity contribution in [2.75, 3.05) is 25.6 Å². The van der Waals surface area contributed by atoms with Crippen molar-refractivity contribution in [1.29, 1.82) is 0 Å². The minimum atomic E-state index is -0.865. The van der Waals surface area contributed by atoms with Gasteiger partial charge in [-0.3, -0.25) is 20.0 Å². The number of nitrogens with zero attached hydrogens (tertiary/aromatic N) is 4. The first-order chi connectivity index (χ1) is 18.2. The molecule has 0 aliphatic carbocycles. The average molecular weight is 497 g/mol. The molecule has 2 aromatic carbocycles. The number of hydrogen-bond donors (Lipinski definition) is 3. The third kappa shape index (κ3) is 4.84. The van der Waals surface area contributed by atoms with Crippen molar-refractivity contribution in [2.24, 2.45) is 0 Å². The van der Waals surface area contributed by atoms with Gasteiger partial charge in [0.1, 0.15) is 17.5 Å². The van der Waals surface area contributed by atoms with E-state index in [2.05, 4.69) is 20.6 Å². The first kappa shape index (κ1) is 23.4. The van der Waals surface area contributed by atoms with Crippen LogP contribution in [0.3, 0.4) is 0 Å². The highest BCUT2D eigenvalue weighted by atomic mass is 16.5. The molecule has 3 N–H and O–H groups in total. The Hall–Kier alpha value is -4.05. The molecule has 5 aromatic rings. The number of anilines is 2. The Morgan fingerprint density at radius 3 is 2.81 bits per heavy atom. The van der Waals surface area contributed by atoms with E-state index in [0.717, 1.165) is 45.2 Å². The summed E-state index contributed by atoms with van der Waals surface area (Å²) < 4.78 is 12.6. The first-order valence-electron chi connectivity index (χ1n) is 12.3. The Balaban J connectivity index is 1.27. The van der Waals surface area contributed by atoms with Crippen LogP contribution in [0.25, 0.3) is 21.8 Å². The second-order valence-electron chi connectivity index (χ2n) is 9.11. The lowest BCUT2D eigenvalue weighted by atomic mass is 10.1. The Morgan fingerprint density at radius 1 is 1.11 bits per heavy atom. The molecule has 37 heavy (non-hydrogen) atoms. The Labute approximate surface area is 214 Å². The number of pyridine rings is 2. The fourth-order valence-corrected chi connectivity index (χ4v) is 4.72. The van der Waals surface area contributed by atoms with E-state index in [1.807, 2.05) is 65.3 Å². The van der Waals surface area contributed by atoms with Gasteiger partial charge < -0.3 is 19.9 Å². The van der Waals surface area contributed by atoms with Gasteiger partial charge >= 0.3 is 0 Å². The third-order valence-electron chi connectivity index (χ3n) is 6.64. The number of ether oxygens (including phenoxy) is 2. The molecule has 9 heteroatoms. The summed E-state index contributed by atoms with van der Waals surface area (Å²) in [7, 11) is 1.66. The number of rotatable bonds is 8. The van der Waals surface area contributed by atoms with Crippen molar-refractivity contribution < 1.29 is 14.6 Å². The third-order valence-corrected chi connectivity index (χ3v) is 6.64. The predicted molar refractivity (Wildman–Crippen MR) is 142 cm³/mol.